The van der Waals surface area contributed by atoms with Gasteiger partial charge in [0.2, 0.25) is 0 Å². The zero-order chi connectivity index (χ0) is 81.5. The molecule has 0 aliphatic rings. The lowest BCUT2D eigenvalue weighted by Crippen LogP contribution is -2.25. The van der Waals surface area contributed by atoms with Crippen molar-refractivity contribution in [2.75, 3.05) is 185 Å². The number of rotatable bonds is 55. The summed E-state index contributed by atoms with van der Waals surface area (Å²) in [4.78, 5) is 4.97. The second-order valence-corrected chi connectivity index (χ2v) is 27.6. The Morgan fingerprint density at radius 3 is 0.929 bits per heavy atom. The summed E-state index contributed by atoms with van der Waals surface area (Å²) >= 11 is 0. The number of nitrogens with zero attached hydrogens (tertiary/aromatic N) is 2. The van der Waals surface area contributed by atoms with E-state index in [0.717, 1.165) is 149 Å². The molecule has 5 aromatic rings. The Balaban J connectivity index is -0.000000240. The number of hydrogen-bond donors (Lipinski definition) is 7. The zero-order valence-corrected chi connectivity index (χ0v) is 69.5. The monoisotopic (exact) mass is 1650 g/mol. The zero-order valence-electron chi connectivity index (χ0n) is 67.8. The molecule has 0 bridgehead atoms. The summed E-state index contributed by atoms with van der Waals surface area (Å²) in [5, 5.41) is 48.1. The molecule has 662 valence electrons. The maximum Gasteiger partial charge on any atom is 0.297 e. The predicted octanol–water partition coefficient (Wildman–Crippen LogP) is 12.6. The van der Waals surface area contributed by atoms with Crippen LogP contribution in [0.3, 0.4) is 0 Å². The van der Waals surface area contributed by atoms with Gasteiger partial charge in [0, 0.05) is 119 Å². The lowest BCUT2D eigenvalue weighted by atomic mass is 10.1. The number of aliphatic hydroxyl groups excluding tert-OH is 6. The van der Waals surface area contributed by atoms with Crippen LogP contribution in [0.1, 0.15) is 158 Å². The molecule has 0 radical (unpaired) electrons. The van der Waals surface area contributed by atoms with Crippen LogP contribution in [0, 0.1) is 6.92 Å². The minimum atomic E-state index is -3.70. The van der Waals surface area contributed by atoms with E-state index in [1.165, 1.54) is 34.4 Å². The molecule has 0 saturated carbocycles. The third-order valence-corrected chi connectivity index (χ3v) is 16.5. The maximum absolute atomic E-state index is 11.4. The van der Waals surface area contributed by atoms with Gasteiger partial charge in [0.1, 0.15) is 0 Å². The maximum atomic E-state index is 11.4. The van der Waals surface area contributed by atoms with E-state index in [0.29, 0.717) is 59.4 Å². The fourth-order valence-electron chi connectivity index (χ4n) is 9.21. The first-order valence-electron chi connectivity index (χ1n) is 38.2. The van der Waals surface area contributed by atoms with Crippen LogP contribution in [0.2, 0.25) is 0 Å². The van der Waals surface area contributed by atoms with Gasteiger partial charge in [-0.1, -0.05) is 169 Å². The number of hydrogen-bond acceptors (Lipinski definition) is 25. The molecule has 0 amide bonds. The minimum absolute atomic E-state index is 0. The van der Waals surface area contributed by atoms with Gasteiger partial charge in [-0.05, 0) is 148 Å². The van der Waals surface area contributed by atoms with Crippen LogP contribution in [0.25, 0.3) is 0 Å². The SMILES string of the molecule is C.C.C.C.CCOC(C)CCOCCO.CCOC(C)CCOCCOCCCN.CCOC(C)CCOCCOCCCN(Cc1ccccc1)Cc1ccccc1.CCOC(C)CCOCCOS(C)(=O)=O.CO.Cc1ccc(S(=O)(=O)OCCO)cc1.OCCCN(Cc1ccccc1)Cc1ccccc1.OCCO. The largest absolute Gasteiger partial charge is 0.400 e. The summed E-state index contributed by atoms with van der Waals surface area (Å²) in [7, 11) is -6.04. The molecular weight excluding hydrogens is 1490 g/mol. The highest BCUT2D eigenvalue weighted by molar-refractivity contribution is 7.86. The molecule has 0 aliphatic carbocycles. The first-order valence-corrected chi connectivity index (χ1v) is 41.5. The summed E-state index contributed by atoms with van der Waals surface area (Å²) in [6.45, 7) is 34.4. The molecule has 4 unspecified atom stereocenters. The molecule has 0 spiro atoms. The van der Waals surface area contributed by atoms with Crippen LogP contribution in [-0.4, -0.2) is 267 Å². The van der Waals surface area contributed by atoms with Crippen LogP contribution >= 0.6 is 0 Å². The summed E-state index contributed by atoms with van der Waals surface area (Å²) in [5.41, 5.74) is 11.6. The lowest BCUT2D eigenvalue weighted by Gasteiger charge is -2.22. The van der Waals surface area contributed by atoms with Gasteiger partial charge in [0.15, 0.2) is 0 Å². The average molecular weight is 1650 g/mol. The van der Waals surface area contributed by atoms with Crippen molar-refractivity contribution in [2.45, 2.75) is 192 Å². The third-order valence-electron chi connectivity index (χ3n) is 14.6. The first-order chi connectivity index (χ1) is 52.7. The normalized spacial score (nSPS) is 11.6. The van der Waals surface area contributed by atoms with Crippen molar-refractivity contribution in [3.63, 3.8) is 0 Å². The summed E-state index contributed by atoms with van der Waals surface area (Å²) in [6, 6.07) is 48.6. The van der Waals surface area contributed by atoms with E-state index < -0.39 is 20.2 Å². The van der Waals surface area contributed by atoms with Crippen molar-refractivity contribution in [1.82, 2.24) is 9.80 Å². The summed E-state index contributed by atoms with van der Waals surface area (Å²) in [6.07, 6.45) is 8.32. The van der Waals surface area contributed by atoms with Crippen LogP contribution in [0.15, 0.2) is 150 Å². The molecule has 27 heteroatoms. The van der Waals surface area contributed by atoms with Gasteiger partial charge in [-0.2, -0.15) is 16.8 Å². The van der Waals surface area contributed by atoms with Crippen molar-refractivity contribution in [3.05, 3.63) is 173 Å². The van der Waals surface area contributed by atoms with E-state index in [2.05, 4.69) is 141 Å². The molecule has 113 heavy (non-hydrogen) atoms. The summed E-state index contributed by atoms with van der Waals surface area (Å²) < 4.78 is 107. The molecule has 0 aliphatic heterocycles. The Hall–Kier alpha value is -4.84. The smallest absolute Gasteiger partial charge is 0.297 e. The van der Waals surface area contributed by atoms with Gasteiger partial charge in [0.25, 0.3) is 20.2 Å². The minimum Gasteiger partial charge on any atom is -0.400 e. The number of benzene rings is 5. The van der Waals surface area contributed by atoms with Gasteiger partial charge in [-0.15, -0.1) is 0 Å². The van der Waals surface area contributed by atoms with Crippen molar-refractivity contribution in [1.29, 1.82) is 0 Å². The molecule has 5 aromatic carbocycles. The molecule has 0 fully saturated rings. The number of ether oxygens (including phenoxy) is 10. The fraction of sp³-hybridized carbons (Fsp3) is 0.651. The molecule has 0 aromatic heterocycles. The molecular formula is C86H159N3O22S2. The predicted molar refractivity (Wildman–Crippen MR) is 460 cm³/mol. The van der Waals surface area contributed by atoms with E-state index in [4.69, 9.17) is 83.7 Å². The highest BCUT2D eigenvalue weighted by atomic mass is 32.2. The van der Waals surface area contributed by atoms with Crippen molar-refractivity contribution in [3.8, 4) is 0 Å². The number of aliphatic hydroxyl groups is 6. The van der Waals surface area contributed by atoms with Gasteiger partial charge in [0.05, 0.1) is 115 Å². The van der Waals surface area contributed by atoms with E-state index in [9.17, 15) is 16.8 Å². The number of nitrogens with two attached hydrogens (primary N) is 1. The molecule has 0 heterocycles. The molecule has 5 rings (SSSR count). The molecule has 0 saturated heterocycles. The van der Waals surface area contributed by atoms with Crippen LogP contribution in [-0.2, 0) is 102 Å². The topological polar surface area (TPSA) is 333 Å². The third kappa shape index (κ3) is 83.5. The van der Waals surface area contributed by atoms with E-state index in [1.807, 2.05) is 60.6 Å². The highest BCUT2D eigenvalue weighted by Crippen LogP contribution is 2.15. The molecule has 8 N–H and O–H groups in total. The summed E-state index contributed by atoms with van der Waals surface area (Å²) in [5.74, 6) is 0. The quantitative estimate of drug-likeness (QED) is 0.0140. The standard InChI is InChI=1S/C25H37NO3.C17H21NO.C11H25NO3.C9H20O5S.C9H12O4S.C8H18O3.C2H6O2.CH4O.4CH4/c1-3-29-23(2)15-18-28-20-19-27-17-10-16-26(21-24-11-6-4-7-12-24)22-25-13-8-5-9-14-25;19-13-7-12-18(14-16-8-3-1-4-9-16)15-17-10-5-2-6-11-17;1-3-15-11(2)5-8-14-10-9-13-7-4-6-12;1-4-13-9(2)5-6-12-7-8-14-15(3,10)11;1-8-2-4-9(5-3-8)14(11,12)13-7-6-10;1-3-11-8(2)4-6-10-7-5-9;3-1-2-4;1-2;;;;/h4-9,11-14,23H,3,10,15-22H2,1-2H3;1-6,8-11,19H,7,12-15H2;11H,3-10,12H2,1-2H3;9H,4-8H2,1-3H3;2-5,10H,6-7H2,1H3;8-9H,3-7H2,1-2H3;3-4H,1-2H2;2H,1H3;4*1H4. The Bertz CT molecular complexity index is 2770. The molecule has 4 atom stereocenters. The average Bonchev–Trinajstić information content (AvgIpc) is 0.847. The fourth-order valence-corrected chi connectivity index (χ4v) is 10.5. The second kappa shape index (κ2) is 89.5. The second-order valence-electron chi connectivity index (χ2n) is 24.3. The lowest BCUT2D eigenvalue weighted by molar-refractivity contribution is 0.0147. The van der Waals surface area contributed by atoms with Crippen molar-refractivity contribution < 1.29 is 103 Å². The highest BCUT2D eigenvalue weighted by Gasteiger charge is 2.15. The van der Waals surface area contributed by atoms with Crippen molar-refractivity contribution >= 4 is 20.2 Å². The van der Waals surface area contributed by atoms with Crippen molar-refractivity contribution in [2.24, 2.45) is 5.73 Å². The number of aryl methyl sites for hydroxylation is 1. The van der Waals surface area contributed by atoms with E-state index >= 15 is 0 Å². The first kappa shape index (κ1) is 121. The van der Waals surface area contributed by atoms with Gasteiger partial charge in [-0.3, -0.25) is 18.2 Å². The molecule has 25 nitrogen and oxygen atoms in total. The Kier molecular flexibility index (Phi) is 96.1. The van der Waals surface area contributed by atoms with Crippen LogP contribution in [0.4, 0.5) is 0 Å². The van der Waals surface area contributed by atoms with E-state index in [-0.39, 0.29) is 112 Å². The van der Waals surface area contributed by atoms with Gasteiger partial charge < -0.3 is 83.7 Å². The van der Waals surface area contributed by atoms with E-state index in [1.54, 1.807) is 12.1 Å². The Morgan fingerprint density at radius 2 is 0.646 bits per heavy atom. The Morgan fingerprint density at radius 1 is 0.354 bits per heavy atom. The van der Waals surface area contributed by atoms with Crippen LogP contribution in [0.5, 0.6) is 0 Å². The Labute approximate surface area is 686 Å². The van der Waals surface area contributed by atoms with Gasteiger partial charge in [-0.25, -0.2) is 0 Å². The van der Waals surface area contributed by atoms with Crippen LogP contribution < -0.4 is 5.73 Å². The van der Waals surface area contributed by atoms with Gasteiger partial charge >= 0.3 is 0 Å².